The van der Waals surface area contributed by atoms with Gasteiger partial charge in [-0.15, -0.1) is 11.3 Å². The highest BCUT2D eigenvalue weighted by molar-refractivity contribution is 7.14. The molecule has 0 aliphatic rings. The molecule has 3 N–H and O–H groups in total. The van der Waals surface area contributed by atoms with Gasteiger partial charge in [0.25, 0.3) is 5.91 Å². The minimum Gasteiger partial charge on any atom is -0.485 e. The number of nitrogens with one attached hydrogen (secondary N) is 1. The number of ether oxygens (including phenoxy) is 1. The van der Waals surface area contributed by atoms with E-state index < -0.39 is 36.3 Å². The molecule has 2 atom stereocenters. The second-order valence-electron chi connectivity index (χ2n) is 9.06. The topological polar surface area (TPSA) is 95.9 Å². The lowest BCUT2D eigenvalue weighted by molar-refractivity contribution is -0.146. The largest absolute Gasteiger partial charge is 0.485 e. The van der Waals surface area contributed by atoms with Crippen LogP contribution in [0.1, 0.15) is 51.2 Å². The van der Waals surface area contributed by atoms with Crippen molar-refractivity contribution < 1.29 is 37.7 Å². The zero-order chi connectivity index (χ0) is 27.5. The van der Waals surface area contributed by atoms with Crippen molar-refractivity contribution in [2.24, 2.45) is 5.92 Å². The van der Waals surface area contributed by atoms with Crippen LogP contribution in [-0.4, -0.2) is 34.7 Å². The standard InChI is InChI=1S/C27H28F3NO5S/c1-14(2)24(21-9-10-22(37-21)25(33)31-13-20(32)26(34)35)36-19-11-15(3)23(16(4)12-19)17-5-7-18(8-6-17)27(28,29)30/h5-12,14,20,24,32H,13H2,1-4H3,(H,31,33)(H,34,35)/t20-,24?/m1/s1. The third-order valence-corrected chi connectivity index (χ3v) is 6.89. The number of alkyl halides is 3. The highest BCUT2D eigenvalue weighted by Crippen LogP contribution is 2.37. The maximum atomic E-state index is 12.9. The van der Waals surface area contributed by atoms with Crippen LogP contribution in [0.3, 0.4) is 0 Å². The minimum atomic E-state index is -4.39. The van der Waals surface area contributed by atoms with E-state index in [2.05, 4.69) is 5.32 Å². The molecule has 0 spiro atoms. The molecule has 1 unspecified atom stereocenters. The highest BCUT2D eigenvalue weighted by Gasteiger charge is 2.30. The van der Waals surface area contributed by atoms with E-state index in [9.17, 15) is 27.9 Å². The van der Waals surface area contributed by atoms with E-state index in [0.29, 0.717) is 16.2 Å². The Morgan fingerprint density at radius 1 is 1.03 bits per heavy atom. The Bertz CT molecular complexity index is 1240. The Morgan fingerprint density at radius 2 is 1.62 bits per heavy atom. The Labute approximate surface area is 216 Å². The number of carbonyl (C=O) groups is 2. The molecule has 6 nitrogen and oxygen atoms in total. The molecule has 3 aromatic rings. The number of halogens is 3. The molecule has 0 aliphatic carbocycles. The fourth-order valence-corrected chi connectivity index (χ4v) is 5.06. The lowest BCUT2D eigenvalue weighted by Gasteiger charge is -2.23. The molecule has 198 valence electrons. The van der Waals surface area contributed by atoms with Crippen LogP contribution >= 0.6 is 11.3 Å². The first-order valence-electron chi connectivity index (χ1n) is 11.5. The number of benzene rings is 2. The van der Waals surface area contributed by atoms with Crippen LogP contribution in [0.2, 0.25) is 0 Å². The van der Waals surface area contributed by atoms with Crippen molar-refractivity contribution in [2.45, 2.75) is 46.1 Å². The van der Waals surface area contributed by atoms with Crippen molar-refractivity contribution >= 4 is 23.2 Å². The van der Waals surface area contributed by atoms with Crippen molar-refractivity contribution in [3.63, 3.8) is 0 Å². The first kappa shape index (κ1) is 28.2. The van der Waals surface area contributed by atoms with E-state index in [1.165, 1.54) is 23.5 Å². The summed E-state index contributed by atoms with van der Waals surface area (Å²) in [6.45, 7) is 7.29. The van der Waals surface area contributed by atoms with Crippen LogP contribution < -0.4 is 10.1 Å². The summed E-state index contributed by atoms with van der Waals surface area (Å²) in [5.74, 6) is -1.28. The van der Waals surface area contributed by atoms with Crippen LogP contribution in [0, 0.1) is 19.8 Å². The van der Waals surface area contributed by atoms with Crippen molar-refractivity contribution in [1.29, 1.82) is 0 Å². The molecule has 10 heteroatoms. The molecule has 1 aromatic heterocycles. The van der Waals surface area contributed by atoms with E-state index in [1.54, 1.807) is 12.1 Å². The third kappa shape index (κ3) is 6.90. The molecular weight excluding hydrogens is 507 g/mol. The molecule has 0 bridgehead atoms. The number of rotatable bonds is 9. The number of hydrogen-bond acceptors (Lipinski definition) is 5. The summed E-state index contributed by atoms with van der Waals surface area (Å²) in [5, 5.41) is 20.5. The van der Waals surface area contributed by atoms with Crippen molar-refractivity contribution in [3.05, 3.63) is 75.0 Å². The van der Waals surface area contributed by atoms with Gasteiger partial charge in [-0.25, -0.2) is 4.79 Å². The number of thiophene rings is 1. The number of aliphatic carboxylic acids is 1. The normalized spacial score (nSPS) is 13.3. The van der Waals surface area contributed by atoms with E-state index in [0.717, 1.165) is 33.7 Å². The van der Waals surface area contributed by atoms with Gasteiger partial charge in [0.1, 0.15) is 11.9 Å². The molecule has 0 saturated heterocycles. The van der Waals surface area contributed by atoms with Crippen LogP contribution in [0.15, 0.2) is 48.5 Å². The first-order valence-corrected chi connectivity index (χ1v) is 12.3. The number of hydrogen-bond donors (Lipinski definition) is 3. The van der Waals surface area contributed by atoms with E-state index in [-0.39, 0.29) is 12.0 Å². The molecule has 1 amide bonds. The Balaban J connectivity index is 1.80. The summed E-state index contributed by atoms with van der Waals surface area (Å²) >= 11 is 1.21. The van der Waals surface area contributed by atoms with Gasteiger partial charge in [-0.2, -0.15) is 13.2 Å². The first-order chi connectivity index (χ1) is 17.3. The van der Waals surface area contributed by atoms with Gasteiger partial charge < -0.3 is 20.3 Å². The minimum absolute atomic E-state index is 0.0404. The van der Waals surface area contributed by atoms with Gasteiger partial charge >= 0.3 is 12.1 Å². The molecule has 37 heavy (non-hydrogen) atoms. The van der Waals surface area contributed by atoms with Gasteiger partial charge in [-0.05, 0) is 78.4 Å². The Kier molecular flexibility index (Phi) is 8.65. The summed E-state index contributed by atoms with van der Waals surface area (Å²) in [4.78, 5) is 24.2. The molecular formula is C27H28F3NO5S. The van der Waals surface area contributed by atoms with Gasteiger partial charge in [-0.3, -0.25) is 4.79 Å². The van der Waals surface area contributed by atoms with Gasteiger partial charge in [-0.1, -0.05) is 26.0 Å². The Hall–Kier alpha value is -3.37. The van der Waals surface area contributed by atoms with Crippen LogP contribution in [-0.2, 0) is 11.0 Å². The summed E-state index contributed by atoms with van der Waals surface area (Å²) in [7, 11) is 0. The summed E-state index contributed by atoms with van der Waals surface area (Å²) in [6, 6.07) is 12.1. The number of aliphatic hydroxyl groups excluding tert-OH is 1. The lowest BCUT2D eigenvalue weighted by atomic mass is 9.94. The van der Waals surface area contributed by atoms with Gasteiger partial charge in [0.05, 0.1) is 17.0 Å². The summed E-state index contributed by atoms with van der Waals surface area (Å²) < 4.78 is 45.1. The lowest BCUT2D eigenvalue weighted by Crippen LogP contribution is -2.36. The smallest absolute Gasteiger partial charge is 0.416 e. The average Bonchev–Trinajstić information content (AvgIpc) is 3.30. The van der Waals surface area contributed by atoms with E-state index in [1.807, 2.05) is 39.8 Å². The molecule has 0 saturated carbocycles. The Morgan fingerprint density at radius 3 is 2.14 bits per heavy atom. The zero-order valence-electron chi connectivity index (χ0n) is 20.7. The number of carboxylic acid groups (broad SMARTS) is 1. The SMILES string of the molecule is Cc1cc(OC(c2ccc(C(=O)NC[C@@H](O)C(=O)O)s2)C(C)C)cc(C)c1-c1ccc(C(F)(F)F)cc1. The second kappa shape index (κ2) is 11.4. The van der Waals surface area contributed by atoms with Crippen molar-refractivity contribution in [2.75, 3.05) is 6.54 Å². The van der Waals surface area contributed by atoms with E-state index >= 15 is 0 Å². The highest BCUT2D eigenvalue weighted by atomic mass is 32.1. The monoisotopic (exact) mass is 535 g/mol. The number of carbonyl (C=O) groups excluding carboxylic acids is 1. The summed E-state index contributed by atoms with van der Waals surface area (Å²) in [6.07, 6.45) is -6.46. The van der Waals surface area contributed by atoms with Crippen LogP contribution in [0.4, 0.5) is 13.2 Å². The van der Waals surface area contributed by atoms with Gasteiger partial charge in [0, 0.05) is 4.88 Å². The van der Waals surface area contributed by atoms with Crippen molar-refractivity contribution in [3.8, 4) is 16.9 Å². The number of aryl methyl sites for hydroxylation is 2. The molecule has 1 heterocycles. The second-order valence-corrected chi connectivity index (χ2v) is 10.2. The third-order valence-electron chi connectivity index (χ3n) is 5.75. The fraction of sp³-hybridized carbons (Fsp3) is 0.333. The number of amides is 1. The van der Waals surface area contributed by atoms with Crippen LogP contribution in [0.5, 0.6) is 5.75 Å². The summed E-state index contributed by atoms with van der Waals surface area (Å²) in [5.41, 5.74) is 2.51. The predicted molar refractivity (Wildman–Crippen MR) is 135 cm³/mol. The molecule has 0 radical (unpaired) electrons. The predicted octanol–water partition coefficient (Wildman–Crippen LogP) is 6.00. The average molecular weight is 536 g/mol. The van der Waals surface area contributed by atoms with Gasteiger partial charge in [0.15, 0.2) is 6.10 Å². The number of carboxylic acids is 1. The zero-order valence-corrected chi connectivity index (χ0v) is 21.5. The molecule has 0 aliphatic heterocycles. The molecule has 0 fully saturated rings. The van der Waals surface area contributed by atoms with Crippen LogP contribution in [0.25, 0.3) is 11.1 Å². The van der Waals surface area contributed by atoms with Gasteiger partial charge in [0.2, 0.25) is 0 Å². The number of aliphatic hydroxyl groups is 1. The molecule has 2 aromatic carbocycles. The van der Waals surface area contributed by atoms with Crippen molar-refractivity contribution in [1.82, 2.24) is 5.32 Å². The quantitative estimate of drug-likeness (QED) is 0.312. The fourth-order valence-electron chi connectivity index (χ4n) is 3.93. The maximum Gasteiger partial charge on any atom is 0.416 e. The maximum absolute atomic E-state index is 12.9. The molecule has 3 rings (SSSR count). The van der Waals surface area contributed by atoms with E-state index in [4.69, 9.17) is 9.84 Å².